The summed E-state index contributed by atoms with van der Waals surface area (Å²) in [6.07, 6.45) is 2.47. The normalized spacial score (nSPS) is 26.5. The van der Waals surface area contributed by atoms with Crippen LogP contribution in [0.2, 0.25) is 0 Å². The summed E-state index contributed by atoms with van der Waals surface area (Å²) in [4.78, 5) is 16.8. The first-order chi connectivity index (χ1) is 8.99. The van der Waals surface area contributed by atoms with E-state index >= 15 is 0 Å². The van der Waals surface area contributed by atoms with Gasteiger partial charge in [0.25, 0.3) is 0 Å². The standard InChI is InChI=1S/C15H29N3O.ClH/c1-11(2)18(12(3)4)15(19)10-17-8-6-14-13(9-17)5-7-16-14;/h11-14,16H,5-10H2,1-4H3;1H. The summed E-state index contributed by atoms with van der Waals surface area (Å²) in [5.74, 6) is 1.04. The minimum Gasteiger partial charge on any atom is -0.337 e. The van der Waals surface area contributed by atoms with E-state index in [4.69, 9.17) is 0 Å². The molecule has 0 aromatic heterocycles. The van der Waals surface area contributed by atoms with Crippen molar-refractivity contribution in [3.8, 4) is 0 Å². The van der Waals surface area contributed by atoms with E-state index in [0.717, 1.165) is 25.6 Å². The molecule has 2 heterocycles. The Morgan fingerprint density at radius 2 is 1.90 bits per heavy atom. The third-order valence-electron chi connectivity index (χ3n) is 4.50. The number of rotatable bonds is 4. The molecule has 0 bridgehead atoms. The second-order valence-electron chi connectivity index (χ2n) is 6.62. The summed E-state index contributed by atoms with van der Waals surface area (Å²) in [5, 5.41) is 3.57. The largest absolute Gasteiger partial charge is 0.337 e. The second-order valence-corrected chi connectivity index (χ2v) is 6.62. The lowest BCUT2D eigenvalue weighted by molar-refractivity contribution is -0.136. The molecular formula is C15H30ClN3O. The Morgan fingerprint density at radius 3 is 2.50 bits per heavy atom. The number of nitrogens with zero attached hydrogens (tertiary/aromatic N) is 2. The number of carbonyl (C=O) groups is 1. The van der Waals surface area contributed by atoms with Crippen molar-refractivity contribution in [2.75, 3.05) is 26.2 Å². The van der Waals surface area contributed by atoms with Gasteiger partial charge in [0.2, 0.25) is 5.91 Å². The number of piperidine rings is 1. The number of hydrogen-bond donors (Lipinski definition) is 1. The fraction of sp³-hybridized carbons (Fsp3) is 0.933. The van der Waals surface area contributed by atoms with Crippen molar-refractivity contribution in [2.24, 2.45) is 5.92 Å². The Balaban J connectivity index is 0.00000200. The monoisotopic (exact) mass is 303 g/mol. The molecule has 4 nitrogen and oxygen atoms in total. The summed E-state index contributed by atoms with van der Waals surface area (Å²) >= 11 is 0. The van der Waals surface area contributed by atoms with Crippen LogP contribution in [0, 0.1) is 5.92 Å². The van der Waals surface area contributed by atoms with Crippen molar-refractivity contribution < 1.29 is 4.79 Å². The Labute approximate surface area is 129 Å². The number of amides is 1. The third-order valence-corrected chi connectivity index (χ3v) is 4.50. The Kier molecular flexibility index (Phi) is 6.76. The quantitative estimate of drug-likeness (QED) is 0.859. The van der Waals surface area contributed by atoms with Crippen LogP contribution >= 0.6 is 12.4 Å². The molecular weight excluding hydrogens is 274 g/mol. The molecule has 0 aromatic carbocycles. The molecule has 0 radical (unpaired) electrons. The lowest BCUT2D eigenvalue weighted by Crippen LogP contribution is -2.51. The van der Waals surface area contributed by atoms with E-state index in [1.54, 1.807) is 0 Å². The highest BCUT2D eigenvalue weighted by Gasteiger charge is 2.33. The summed E-state index contributed by atoms with van der Waals surface area (Å²) < 4.78 is 0. The van der Waals surface area contributed by atoms with Gasteiger partial charge in [0.1, 0.15) is 0 Å². The highest BCUT2D eigenvalue weighted by molar-refractivity contribution is 5.85. The molecule has 0 saturated carbocycles. The predicted octanol–water partition coefficient (Wildman–Crippen LogP) is 1.74. The van der Waals surface area contributed by atoms with Crippen molar-refractivity contribution in [1.29, 1.82) is 0 Å². The van der Waals surface area contributed by atoms with Gasteiger partial charge in [0, 0.05) is 31.2 Å². The van der Waals surface area contributed by atoms with Crippen LogP contribution in [0.4, 0.5) is 0 Å². The molecule has 2 fully saturated rings. The Hall–Kier alpha value is -0.320. The van der Waals surface area contributed by atoms with Gasteiger partial charge < -0.3 is 10.2 Å². The minimum absolute atomic E-state index is 0. The molecule has 20 heavy (non-hydrogen) atoms. The van der Waals surface area contributed by atoms with E-state index in [1.807, 2.05) is 4.90 Å². The molecule has 1 amide bonds. The SMILES string of the molecule is CC(C)N(C(=O)CN1CCC2NCCC2C1)C(C)C.Cl. The first-order valence-corrected chi connectivity index (χ1v) is 7.76. The molecule has 118 valence electrons. The number of carbonyl (C=O) groups excluding carboxylic acids is 1. The lowest BCUT2D eigenvalue weighted by Gasteiger charge is -2.37. The second kappa shape index (κ2) is 7.62. The van der Waals surface area contributed by atoms with Crippen molar-refractivity contribution >= 4 is 18.3 Å². The fourth-order valence-corrected chi connectivity index (χ4v) is 3.71. The molecule has 2 aliphatic rings. The van der Waals surface area contributed by atoms with Crippen molar-refractivity contribution in [2.45, 2.75) is 58.7 Å². The van der Waals surface area contributed by atoms with Gasteiger partial charge in [-0.15, -0.1) is 12.4 Å². The summed E-state index contributed by atoms with van der Waals surface area (Å²) in [6, 6.07) is 1.29. The molecule has 2 aliphatic heterocycles. The minimum atomic E-state index is 0. The van der Waals surface area contributed by atoms with Crippen molar-refractivity contribution in [3.63, 3.8) is 0 Å². The summed E-state index contributed by atoms with van der Waals surface area (Å²) in [7, 11) is 0. The Bertz CT molecular complexity index is 314. The number of hydrogen-bond acceptors (Lipinski definition) is 3. The van der Waals surface area contributed by atoms with E-state index in [1.165, 1.54) is 12.8 Å². The van der Waals surface area contributed by atoms with E-state index in [2.05, 4.69) is 37.9 Å². The zero-order chi connectivity index (χ0) is 14.0. The molecule has 2 unspecified atom stereocenters. The van der Waals surface area contributed by atoms with Gasteiger partial charge in [-0.25, -0.2) is 0 Å². The molecule has 2 saturated heterocycles. The molecule has 0 spiro atoms. The third kappa shape index (κ3) is 4.09. The molecule has 1 N–H and O–H groups in total. The topological polar surface area (TPSA) is 35.6 Å². The number of fused-ring (bicyclic) bond motifs is 1. The molecule has 0 aromatic rings. The fourth-order valence-electron chi connectivity index (χ4n) is 3.71. The maximum Gasteiger partial charge on any atom is 0.237 e. The molecule has 5 heteroatoms. The van der Waals surface area contributed by atoms with Crippen LogP contribution in [0.5, 0.6) is 0 Å². The van der Waals surface area contributed by atoms with Gasteiger partial charge in [-0.2, -0.15) is 0 Å². The number of nitrogens with one attached hydrogen (secondary N) is 1. The lowest BCUT2D eigenvalue weighted by atomic mass is 9.93. The average molecular weight is 304 g/mol. The van der Waals surface area contributed by atoms with E-state index < -0.39 is 0 Å². The van der Waals surface area contributed by atoms with Crippen LogP contribution in [0.3, 0.4) is 0 Å². The Morgan fingerprint density at radius 1 is 1.25 bits per heavy atom. The van der Waals surface area contributed by atoms with Gasteiger partial charge in [-0.3, -0.25) is 9.69 Å². The van der Waals surface area contributed by atoms with Crippen LogP contribution in [0.25, 0.3) is 0 Å². The maximum absolute atomic E-state index is 12.5. The molecule has 0 aliphatic carbocycles. The summed E-state index contributed by atoms with van der Waals surface area (Å²) in [6.45, 7) is 12.3. The van der Waals surface area contributed by atoms with Crippen LogP contribution in [-0.2, 0) is 4.79 Å². The van der Waals surface area contributed by atoms with Gasteiger partial charge in [0.05, 0.1) is 6.54 Å². The first kappa shape index (κ1) is 17.7. The van der Waals surface area contributed by atoms with E-state index in [9.17, 15) is 4.79 Å². The number of halogens is 1. The van der Waals surface area contributed by atoms with E-state index in [0.29, 0.717) is 12.6 Å². The van der Waals surface area contributed by atoms with E-state index in [-0.39, 0.29) is 30.4 Å². The van der Waals surface area contributed by atoms with Gasteiger partial charge in [0.15, 0.2) is 0 Å². The van der Waals surface area contributed by atoms with Crippen molar-refractivity contribution in [3.05, 3.63) is 0 Å². The average Bonchev–Trinajstić information content (AvgIpc) is 2.74. The predicted molar refractivity (Wildman–Crippen MR) is 85.3 cm³/mol. The van der Waals surface area contributed by atoms with Crippen molar-refractivity contribution in [1.82, 2.24) is 15.1 Å². The van der Waals surface area contributed by atoms with Gasteiger partial charge in [-0.05, 0) is 53.0 Å². The smallest absolute Gasteiger partial charge is 0.237 e. The van der Waals surface area contributed by atoms with Crippen LogP contribution in [0.15, 0.2) is 0 Å². The van der Waals surface area contributed by atoms with Crippen LogP contribution in [0.1, 0.15) is 40.5 Å². The highest BCUT2D eigenvalue weighted by Crippen LogP contribution is 2.24. The maximum atomic E-state index is 12.5. The van der Waals surface area contributed by atoms with Gasteiger partial charge in [-0.1, -0.05) is 0 Å². The van der Waals surface area contributed by atoms with Gasteiger partial charge >= 0.3 is 0 Å². The zero-order valence-corrected chi connectivity index (χ0v) is 14.1. The van der Waals surface area contributed by atoms with Crippen LogP contribution in [-0.4, -0.2) is 60.0 Å². The zero-order valence-electron chi connectivity index (χ0n) is 13.3. The van der Waals surface area contributed by atoms with Crippen LogP contribution < -0.4 is 5.32 Å². The summed E-state index contributed by atoms with van der Waals surface area (Å²) in [5.41, 5.74) is 0. The highest BCUT2D eigenvalue weighted by atomic mass is 35.5. The molecule has 2 atom stereocenters. The molecule has 2 rings (SSSR count). The number of likely N-dealkylation sites (tertiary alicyclic amines) is 1. The first-order valence-electron chi connectivity index (χ1n) is 7.76.